The Bertz CT molecular complexity index is 1360. The topological polar surface area (TPSA) is 101 Å². The van der Waals surface area contributed by atoms with Crippen molar-refractivity contribution in [2.24, 2.45) is 7.05 Å². The average molecular weight is 380 g/mol. The van der Waals surface area contributed by atoms with Gasteiger partial charge in [-0.2, -0.15) is 10.4 Å². The van der Waals surface area contributed by atoms with Crippen LogP contribution >= 0.6 is 0 Å². The van der Waals surface area contributed by atoms with E-state index in [1.54, 1.807) is 15.4 Å². The fourth-order valence-corrected chi connectivity index (χ4v) is 3.38. The van der Waals surface area contributed by atoms with Crippen LogP contribution in [0.5, 0.6) is 0 Å². The highest BCUT2D eigenvalue weighted by molar-refractivity contribution is 5.94. The third-order valence-corrected chi connectivity index (χ3v) is 4.85. The number of rotatable bonds is 4. The van der Waals surface area contributed by atoms with Gasteiger partial charge in [-0.1, -0.05) is 23.4 Å². The number of H-pyrrole nitrogens is 1. The lowest BCUT2D eigenvalue weighted by molar-refractivity contribution is 0.649. The van der Waals surface area contributed by atoms with Gasteiger partial charge >= 0.3 is 0 Å². The summed E-state index contributed by atoms with van der Waals surface area (Å²) in [5, 5.41) is 23.1. The van der Waals surface area contributed by atoms with Crippen LogP contribution < -0.4 is 0 Å². The van der Waals surface area contributed by atoms with Crippen molar-refractivity contribution in [3.05, 3.63) is 72.4 Å². The van der Waals surface area contributed by atoms with Gasteiger partial charge in [-0.3, -0.25) is 4.68 Å². The van der Waals surface area contributed by atoms with Gasteiger partial charge in [-0.15, -0.1) is 5.10 Å². The first-order valence-electron chi connectivity index (χ1n) is 9.06. The number of nitrogens with one attached hydrogen (secondary N) is 1. The fourth-order valence-electron chi connectivity index (χ4n) is 3.38. The minimum Gasteiger partial charge on any atom is -0.345 e. The molecule has 4 aromatic heterocycles. The van der Waals surface area contributed by atoms with Crippen LogP contribution in [-0.4, -0.2) is 34.7 Å². The van der Waals surface area contributed by atoms with Crippen molar-refractivity contribution in [1.82, 2.24) is 34.7 Å². The van der Waals surface area contributed by atoms with E-state index in [4.69, 9.17) is 0 Å². The number of benzene rings is 1. The summed E-state index contributed by atoms with van der Waals surface area (Å²) < 4.78 is 3.50. The number of nitriles is 1. The predicted octanol–water partition coefficient (Wildman–Crippen LogP) is 3.14. The molecule has 0 bridgehead atoms. The van der Waals surface area contributed by atoms with Crippen molar-refractivity contribution >= 4 is 11.0 Å². The van der Waals surface area contributed by atoms with Gasteiger partial charge in [0.25, 0.3) is 0 Å². The van der Waals surface area contributed by atoms with Crippen LogP contribution in [0.3, 0.4) is 0 Å². The Hall–Kier alpha value is -4.25. The second-order valence-electron chi connectivity index (χ2n) is 6.80. The summed E-state index contributed by atoms with van der Waals surface area (Å²) in [5.41, 5.74) is 6.01. The van der Waals surface area contributed by atoms with Crippen LogP contribution in [0, 0.1) is 11.3 Å². The van der Waals surface area contributed by atoms with Gasteiger partial charge in [-0.05, 0) is 17.7 Å². The first kappa shape index (κ1) is 16.9. The molecule has 4 heterocycles. The largest absolute Gasteiger partial charge is 0.345 e. The van der Waals surface area contributed by atoms with Gasteiger partial charge in [0.1, 0.15) is 11.3 Å². The molecule has 8 heteroatoms. The van der Waals surface area contributed by atoms with Gasteiger partial charge in [-0.25, -0.2) is 9.67 Å². The molecule has 140 valence electrons. The van der Waals surface area contributed by atoms with Crippen LogP contribution in [0.1, 0.15) is 11.1 Å². The number of hydrogen-bond donors (Lipinski definition) is 1. The smallest absolute Gasteiger partial charge is 0.137 e. The molecular weight excluding hydrogens is 364 g/mol. The van der Waals surface area contributed by atoms with Crippen molar-refractivity contribution in [3.63, 3.8) is 0 Å². The molecular formula is C21H16N8. The van der Waals surface area contributed by atoms with Gasteiger partial charge in [0.2, 0.25) is 0 Å². The van der Waals surface area contributed by atoms with E-state index in [1.165, 1.54) is 0 Å². The molecule has 0 aliphatic heterocycles. The lowest BCUT2D eigenvalue weighted by Crippen LogP contribution is -2.02. The maximum absolute atomic E-state index is 9.28. The average Bonchev–Trinajstić information content (AvgIpc) is 3.47. The Balaban J connectivity index is 1.51. The first-order valence-corrected chi connectivity index (χ1v) is 9.06. The standard InChI is InChI=1S/C21H16N8/c1-28-11-17(9-25-28)16-6-18-19(10-24-21(18)23-8-16)20-13-29(27-26-20)12-15-5-3-2-4-14(15)7-22/h2-6,8-11,13H,12H2,1H3,(H,23,24). The zero-order valence-corrected chi connectivity index (χ0v) is 15.6. The normalized spacial score (nSPS) is 11.0. The monoisotopic (exact) mass is 380 g/mol. The molecule has 0 aliphatic rings. The zero-order chi connectivity index (χ0) is 19.8. The summed E-state index contributed by atoms with van der Waals surface area (Å²) >= 11 is 0. The summed E-state index contributed by atoms with van der Waals surface area (Å²) in [4.78, 5) is 7.72. The van der Waals surface area contributed by atoms with Gasteiger partial charge < -0.3 is 4.98 Å². The maximum Gasteiger partial charge on any atom is 0.137 e. The molecule has 0 saturated carbocycles. The highest BCUT2D eigenvalue weighted by atomic mass is 15.4. The lowest BCUT2D eigenvalue weighted by atomic mass is 10.1. The van der Waals surface area contributed by atoms with Crippen LogP contribution in [0.15, 0.2) is 61.3 Å². The summed E-state index contributed by atoms with van der Waals surface area (Å²) in [5.74, 6) is 0. The summed E-state index contributed by atoms with van der Waals surface area (Å²) in [6.45, 7) is 0.484. The minimum atomic E-state index is 0.484. The van der Waals surface area contributed by atoms with Crippen molar-refractivity contribution in [3.8, 4) is 28.5 Å². The van der Waals surface area contributed by atoms with Crippen LogP contribution in [0.4, 0.5) is 0 Å². The quantitative estimate of drug-likeness (QED) is 0.516. The number of fused-ring (bicyclic) bond motifs is 1. The van der Waals surface area contributed by atoms with E-state index in [9.17, 15) is 5.26 Å². The zero-order valence-electron chi connectivity index (χ0n) is 15.6. The molecule has 29 heavy (non-hydrogen) atoms. The van der Waals surface area contributed by atoms with Crippen molar-refractivity contribution in [1.29, 1.82) is 5.26 Å². The Labute approximate surface area is 166 Å². The SMILES string of the molecule is Cn1cc(-c2cnc3[nH]cc(-c4cn(Cc5ccccc5C#N)nn4)c3c2)cn1. The third kappa shape index (κ3) is 3.04. The number of aromatic nitrogens is 7. The molecule has 0 fully saturated rings. The maximum atomic E-state index is 9.28. The Morgan fingerprint density at radius 2 is 2.03 bits per heavy atom. The number of pyridine rings is 1. The first-order chi connectivity index (χ1) is 14.2. The fraction of sp³-hybridized carbons (Fsp3) is 0.0952. The Morgan fingerprint density at radius 1 is 1.14 bits per heavy atom. The van der Waals surface area contributed by atoms with Crippen LogP contribution in [-0.2, 0) is 13.6 Å². The lowest BCUT2D eigenvalue weighted by Gasteiger charge is -2.02. The summed E-state index contributed by atoms with van der Waals surface area (Å²) in [6.07, 6.45) is 9.38. The van der Waals surface area contributed by atoms with Crippen molar-refractivity contribution in [2.75, 3.05) is 0 Å². The minimum absolute atomic E-state index is 0.484. The molecule has 5 aromatic rings. The van der Waals surface area contributed by atoms with Gasteiger partial charge in [0.05, 0.1) is 30.6 Å². The van der Waals surface area contributed by atoms with E-state index in [-0.39, 0.29) is 0 Å². The molecule has 0 spiro atoms. The van der Waals surface area contributed by atoms with E-state index in [2.05, 4.69) is 37.5 Å². The van der Waals surface area contributed by atoms with E-state index in [0.717, 1.165) is 39.0 Å². The van der Waals surface area contributed by atoms with Crippen molar-refractivity contribution < 1.29 is 0 Å². The molecule has 0 saturated heterocycles. The third-order valence-electron chi connectivity index (χ3n) is 4.85. The second kappa shape index (κ2) is 6.73. The molecule has 8 nitrogen and oxygen atoms in total. The van der Waals surface area contributed by atoms with E-state index < -0.39 is 0 Å². The number of aryl methyl sites for hydroxylation is 1. The highest BCUT2D eigenvalue weighted by Crippen LogP contribution is 2.29. The van der Waals surface area contributed by atoms with E-state index in [0.29, 0.717) is 12.1 Å². The molecule has 5 rings (SSSR count). The van der Waals surface area contributed by atoms with Gasteiger partial charge in [0, 0.05) is 47.7 Å². The molecule has 0 amide bonds. The number of aromatic amines is 1. The van der Waals surface area contributed by atoms with Crippen LogP contribution in [0.25, 0.3) is 33.4 Å². The predicted molar refractivity (Wildman–Crippen MR) is 108 cm³/mol. The van der Waals surface area contributed by atoms with Gasteiger partial charge in [0.15, 0.2) is 0 Å². The molecule has 0 unspecified atom stereocenters. The molecule has 0 radical (unpaired) electrons. The van der Waals surface area contributed by atoms with E-state index in [1.807, 2.05) is 56.2 Å². The number of nitrogens with zero attached hydrogens (tertiary/aromatic N) is 7. The highest BCUT2D eigenvalue weighted by Gasteiger charge is 2.13. The molecule has 0 atom stereocenters. The second-order valence-corrected chi connectivity index (χ2v) is 6.80. The van der Waals surface area contributed by atoms with E-state index >= 15 is 0 Å². The molecule has 0 aliphatic carbocycles. The number of hydrogen-bond acceptors (Lipinski definition) is 5. The van der Waals surface area contributed by atoms with Crippen LogP contribution in [0.2, 0.25) is 0 Å². The van der Waals surface area contributed by atoms with Crippen molar-refractivity contribution in [2.45, 2.75) is 6.54 Å². The Kier molecular flexibility index (Phi) is 3.92. The molecule has 1 aromatic carbocycles. The molecule has 1 N–H and O–H groups in total. The summed E-state index contributed by atoms with van der Waals surface area (Å²) in [6, 6.07) is 11.8. The summed E-state index contributed by atoms with van der Waals surface area (Å²) in [7, 11) is 1.89. The Morgan fingerprint density at radius 3 is 2.86 bits per heavy atom.